The Bertz CT molecular complexity index is 276. The molecule has 0 aromatic rings. The molecular formula is C14H27N3O. The average molecular weight is 253 g/mol. The fraction of sp³-hybridized carbons (Fsp3) is 0.929. The Hall–Kier alpha value is -0.770. The highest BCUT2D eigenvalue weighted by Gasteiger charge is 2.19. The van der Waals surface area contributed by atoms with E-state index in [0.717, 1.165) is 31.5 Å². The predicted molar refractivity (Wildman–Crippen MR) is 74.6 cm³/mol. The molecule has 1 aliphatic carbocycles. The van der Waals surface area contributed by atoms with Crippen LogP contribution in [-0.4, -0.2) is 31.8 Å². The van der Waals surface area contributed by atoms with Gasteiger partial charge < -0.3 is 15.8 Å². The van der Waals surface area contributed by atoms with E-state index in [1.54, 1.807) is 0 Å². The molecule has 3 N–H and O–H groups in total. The smallest absolute Gasteiger partial charge is 0.188 e. The van der Waals surface area contributed by atoms with Crippen molar-refractivity contribution in [2.45, 2.75) is 51.6 Å². The van der Waals surface area contributed by atoms with Gasteiger partial charge in [0, 0.05) is 19.7 Å². The van der Waals surface area contributed by atoms with Gasteiger partial charge in [-0.1, -0.05) is 6.42 Å². The van der Waals surface area contributed by atoms with Crippen molar-refractivity contribution >= 4 is 5.96 Å². The lowest BCUT2D eigenvalue weighted by molar-refractivity contribution is 0.00123. The summed E-state index contributed by atoms with van der Waals surface area (Å²) in [4.78, 5) is 4.40. The Morgan fingerprint density at radius 1 is 1.33 bits per heavy atom. The van der Waals surface area contributed by atoms with Crippen molar-refractivity contribution in [3.8, 4) is 0 Å². The summed E-state index contributed by atoms with van der Waals surface area (Å²) in [6, 6.07) is 0. The van der Waals surface area contributed by atoms with Gasteiger partial charge >= 0.3 is 0 Å². The maximum Gasteiger partial charge on any atom is 0.188 e. The fourth-order valence-corrected chi connectivity index (χ4v) is 2.72. The van der Waals surface area contributed by atoms with Gasteiger partial charge in [0.05, 0.1) is 6.10 Å². The Balaban J connectivity index is 1.56. The molecule has 0 spiro atoms. The lowest BCUT2D eigenvalue weighted by Crippen LogP contribution is -2.35. The van der Waals surface area contributed by atoms with Crippen LogP contribution in [-0.2, 0) is 4.74 Å². The first kappa shape index (κ1) is 13.7. The molecule has 4 nitrogen and oxygen atoms in total. The molecule has 2 atom stereocenters. The number of ether oxygens (including phenoxy) is 1. The van der Waals surface area contributed by atoms with Crippen molar-refractivity contribution in [1.82, 2.24) is 5.32 Å². The van der Waals surface area contributed by atoms with Gasteiger partial charge in [0.25, 0.3) is 0 Å². The van der Waals surface area contributed by atoms with Gasteiger partial charge in [-0.25, -0.2) is 0 Å². The average Bonchev–Trinajstić information content (AvgIpc) is 2.27. The minimum Gasteiger partial charge on any atom is -0.378 e. The molecule has 104 valence electrons. The number of nitrogens with two attached hydrogens (primary N) is 1. The lowest BCUT2D eigenvalue weighted by atomic mass is 9.86. The topological polar surface area (TPSA) is 59.6 Å². The molecule has 18 heavy (non-hydrogen) atoms. The molecule has 0 radical (unpaired) electrons. The van der Waals surface area contributed by atoms with Crippen molar-refractivity contribution in [2.24, 2.45) is 22.6 Å². The number of aliphatic imine (C=N–C) groups is 1. The number of nitrogens with one attached hydrogen (secondary N) is 1. The fourth-order valence-electron chi connectivity index (χ4n) is 2.72. The summed E-state index contributed by atoms with van der Waals surface area (Å²) in [5.41, 5.74) is 5.86. The third kappa shape index (κ3) is 4.48. The van der Waals surface area contributed by atoms with Gasteiger partial charge in [-0.05, 0) is 50.9 Å². The first-order valence-electron chi connectivity index (χ1n) is 7.39. The Labute approximate surface area is 110 Å². The highest BCUT2D eigenvalue weighted by atomic mass is 16.5. The third-order valence-electron chi connectivity index (χ3n) is 4.20. The highest BCUT2D eigenvalue weighted by Crippen LogP contribution is 2.26. The van der Waals surface area contributed by atoms with E-state index >= 15 is 0 Å². The van der Waals surface area contributed by atoms with E-state index < -0.39 is 0 Å². The summed E-state index contributed by atoms with van der Waals surface area (Å²) < 4.78 is 5.55. The van der Waals surface area contributed by atoms with E-state index in [0.29, 0.717) is 12.1 Å². The lowest BCUT2D eigenvalue weighted by Gasteiger charge is -2.27. The zero-order valence-electron chi connectivity index (χ0n) is 11.5. The van der Waals surface area contributed by atoms with Gasteiger partial charge in [0.2, 0.25) is 0 Å². The number of hydrogen-bond acceptors (Lipinski definition) is 2. The first-order valence-corrected chi connectivity index (χ1v) is 7.39. The SMILES string of the molecule is CC1CC(CCNC(N)=NCC2CCC2)CCO1. The Kier molecular flexibility index (Phi) is 5.29. The number of nitrogens with zero attached hydrogens (tertiary/aromatic N) is 1. The molecule has 0 aromatic heterocycles. The summed E-state index contributed by atoms with van der Waals surface area (Å²) in [5, 5.41) is 3.24. The van der Waals surface area contributed by atoms with E-state index in [4.69, 9.17) is 10.5 Å². The van der Waals surface area contributed by atoms with Gasteiger partial charge in [0.15, 0.2) is 5.96 Å². The minimum absolute atomic E-state index is 0.424. The van der Waals surface area contributed by atoms with E-state index in [1.807, 2.05) is 0 Å². The van der Waals surface area contributed by atoms with Crippen molar-refractivity contribution < 1.29 is 4.74 Å². The molecule has 0 aromatic carbocycles. The molecule has 1 aliphatic heterocycles. The van der Waals surface area contributed by atoms with Crippen LogP contribution in [0.25, 0.3) is 0 Å². The van der Waals surface area contributed by atoms with Crippen LogP contribution in [0.3, 0.4) is 0 Å². The van der Waals surface area contributed by atoms with Crippen molar-refractivity contribution in [3.63, 3.8) is 0 Å². The Morgan fingerprint density at radius 3 is 2.83 bits per heavy atom. The second-order valence-electron chi connectivity index (χ2n) is 5.81. The zero-order chi connectivity index (χ0) is 12.8. The van der Waals surface area contributed by atoms with Crippen LogP contribution >= 0.6 is 0 Å². The number of hydrogen-bond donors (Lipinski definition) is 2. The summed E-state index contributed by atoms with van der Waals surface area (Å²) in [6.45, 7) is 4.93. The second kappa shape index (κ2) is 6.98. The maximum absolute atomic E-state index is 5.86. The molecule has 2 fully saturated rings. The summed E-state index contributed by atoms with van der Waals surface area (Å²) in [6.07, 6.45) is 8.00. The molecule has 1 saturated heterocycles. The molecule has 1 heterocycles. The van der Waals surface area contributed by atoms with Gasteiger partial charge in [-0.3, -0.25) is 4.99 Å². The monoisotopic (exact) mass is 253 g/mol. The van der Waals surface area contributed by atoms with Gasteiger partial charge in [-0.15, -0.1) is 0 Å². The molecule has 0 amide bonds. The first-order chi connectivity index (χ1) is 8.74. The number of guanidine groups is 1. The van der Waals surface area contributed by atoms with Gasteiger partial charge in [-0.2, -0.15) is 0 Å². The summed E-state index contributed by atoms with van der Waals surface area (Å²) in [5.74, 6) is 2.20. The summed E-state index contributed by atoms with van der Waals surface area (Å²) in [7, 11) is 0. The second-order valence-corrected chi connectivity index (χ2v) is 5.81. The molecule has 2 unspecified atom stereocenters. The normalized spacial score (nSPS) is 29.9. The van der Waals surface area contributed by atoms with Crippen LogP contribution in [0.15, 0.2) is 4.99 Å². The largest absolute Gasteiger partial charge is 0.378 e. The van der Waals surface area contributed by atoms with Crippen LogP contribution < -0.4 is 11.1 Å². The van der Waals surface area contributed by atoms with E-state index in [2.05, 4.69) is 17.2 Å². The zero-order valence-corrected chi connectivity index (χ0v) is 11.5. The molecular weight excluding hydrogens is 226 g/mol. The van der Waals surface area contributed by atoms with Crippen LogP contribution in [0, 0.1) is 11.8 Å². The van der Waals surface area contributed by atoms with Crippen molar-refractivity contribution in [3.05, 3.63) is 0 Å². The standard InChI is InChI=1S/C14H27N3O/c1-11-9-12(6-8-18-11)5-7-16-14(15)17-10-13-3-2-4-13/h11-13H,2-10H2,1H3,(H3,15,16,17). The van der Waals surface area contributed by atoms with Crippen LogP contribution in [0.4, 0.5) is 0 Å². The van der Waals surface area contributed by atoms with E-state index in [1.165, 1.54) is 38.5 Å². The Morgan fingerprint density at radius 2 is 2.17 bits per heavy atom. The molecule has 0 bridgehead atoms. The minimum atomic E-state index is 0.424. The molecule has 4 heteroatoms. The molecule has 2 aliphatic rings. The maximum atomic E-state index is 5.86. The van der Waals surface area contributed by atoms with Crippen molar-refractivity contribution in [2.75, 3.05) is 19.7 Å². The van der Waals surface area contributed by atoms with Crippen LogP contribution in [0.5, 0.6) is 0 Å². The van der Waals surface area contributed by atoms with E-state index in [-0.39, 0.29) is 0 Å². The van der Waals surface area contributed by atoms with Gasteiger partial charge in [0.1, 0.15) is 0 Å². The third-order valence-corrected chi connectivity index (χ3v) is 4.20. The summed E-state index contributed by atoms with van der Waals surface area (Å²) >= 11 is 0. The van der Waals surface area contributed by atoms with Crippen LogP contribution in [0.1, 0.15) is 45.4 Å². The molecule has 1 saturated carbocycles. The van der Waals surface area contributed by atoms with Crippen molar-refractivity contribution in [1.29, 1.82) is 0 Å². The quantitative estimate of drug-likeness (QED) is 0.581. The molecule has 2 rings (SSSR count). The van der Waals surface area contributed by atoms with Crippen LogP contribution in [0.2, 0.25) is 0 Å². The number of rotatable bonds is 5. The highest BCUT2D eigenvalue weighted by molar-refractivity contribution is 5.77. The van der Waals surface area contributed by atoms with E-state index in [9.17, 15) is 0 Å². The predicted octanol–water partition coefficient (Wildman–Crippen LogP) is 1.90.